The average Bonchev–Trinajstić information content (AvgIpc) is 2.86. The molecule has 1 amide bonds. The number of nitrogens with zero attached hydrogens (tertiary/aromatic N) is 3. The smallest absolute Gasteiger partial charge is 0.257 e. The molecule has 1 N–H and O–H groups in total. The van der Waals surface area contributed by atoms with Gasteiger partial charge in [0.2, 0.25) is 10.0 Å². The Hall–Kier alpha value is -3.23. The van der Waals surface area contributed by atoms with Gasteiger partial charge in [-0.1, -0.05) is 30.7 Å². The van der Waals surface area contributed by atoms with E-state index in [1.165, 1.54) is 10.5 Å². The van der Waals surface area contributed by atoms with Crippen LogP contribution in [0.3, 0.4) is 0 Å². The molecule has 172 valence electrons. The zero-order valence-electron chi connectivity index (χ0n) is 18.9. The number of benzene rings is 2. The van der Waals surface area contributed by atoms with Crippen molar-refractivity contribution in [3.05, 3.63) is 78.0 Å². The Morgan fingerprint density at radius 3 is 2.39 bits per heavy atom. The van der Waals surface area contributed by atoms with Gasteiger partial charge in [0.25, 0.3) is 5.91 Å². The van der Waals surface area contributed by atoms with Gasteiger partial charge in [0.1, 0.15) is 5.82 Å². The molecule has 0 saturated carbocycles. The summed E-state index contributed by atoms with van der Waals surface area (Å²) in [6, 6.07) is 18.2. The van der Waals surface area contributed by atoms with Crippen molar-refractivity contribution >= 4 is 33.1 Å². The van der Waals surface area contributed by atoms with Crippen LogP contribution < -0.4 is 10.2 Å². The van der Waals surface area contributed by atoms with E-state index in [2.05, 4.69) is 10.3 Å². The molecule has 2 aromatic carbocycles. The van der Waals surface area contributed by atoms with E-state index < -0.39 is 10.0 Å². The van der Waals surface area contributed by atoms with Crippen molar-refractivity contribution in [3.8, 4) is 0 Å². The van der Waals surface area contributed by atoms with E-state index in [-0.39, 0.29) is 10.8 Å². The highest BCUT2D eigenvalue weighted by atomic mass is 32.2. The number of carbonyl (C=O) groups is 1. The second-order valence-electron chi connectivity index (χ2n) is 8.20. The lowest BCUT2D eigenvalue weighted by molar-refractivity contribution is 0.102. The molecule has 0 atom stereocenters. The van der Waals surface area contributed by atoms with Gasteiger partial charge in [0.15, 0.2) is 0 Å². The molecule has 0 aliphatic carbocycles. The highest BCUT2D eigenvalue weighted by Gasteiger charge is 2.26. The number of pyridine rings is 1. The fraction of sp³-hybridized carbons (Fsp3) is 0.280. The van der Waals surface area contributed by atoms with E-state index in [4.69, 9.17) is 0 Å². The Balaban J connectivity index is 1.51. The third-order valence-corrected chi connectivity index (χ3v) is 7.80. The summed E-state index contributed by atoms with van der Waals surface area (Å²) in [6.45, 7) is 2.91. The molecule has 1 fully saturated rings. The molecule has 0 bridgehead atoms. The van der Waals surface area contributed by atoms with Crippen LogP contribution in [-0.4, -0.2) is 43.8 Å². The van der Waals surface area contributed by atoms with Crippen LogP contribution in [-0.2, 0) is 10.0 Å². The highest BCUT2D eigenvalue weighted by molar-refractivity contribution is 7.89. The van der Waals surface area contributed by atoms with E-state index in [1.54, 1.807) is 30.3 Å². The summed E-state index contributed by atoms with van der Waals surface area (Å²) in [5.41, 5.74) is 2.64. The minimum atomic E-state index is -3.58. The first-order chi connectivity index (χ1) is 15.9. The Kier molecular flexibility index (Phi) is 6.76. The number of aryl methyl sites for hydroxylation is 1. The maximum atomic E-state index is 13.0. The number of nitrogens with one attached hydrogen (secondary N) is 1. The van der Waals surface area contributed by atoms with Gasteiger partial charge in [-0.25, -0.2) is 13.4 Å². The van der Waals surface area contributed by atoms with Gasteiger partial charge >= 0.3 is 0 Å². The predicted molar refractivity (Wildman–Crippen MR) is 130 cm³/mol. The molecule has 0 unspecified atom stereocenters. The fourth-order valence-electron chi connectivity index (χ4n) is 3.85. The van der Waals surface area contributed by atoms with Crippen LogP contribution in [0.4, 0.5) is 17.2 Å². The minimum Gasteiger partial charge on any atom is -0.329 e. The number of piperidine rings is 1. The van der Waals surface area contributed by atoms with Gasteiger partial charge in [-0.05, 0) is 61.7 Å². The molecule has 4 rings (SSSR count). The molecule has 1 aliphatic rings. The molecule has 8 heteroatoms. The molecule has 2 heterocycles. The molecule has 33 heavy (non-hydrogen) atoms. The normalized spacial score (nSPS) is 14.6. The largest absolute Gasteiger partial charge is 0.329 e. The van der Waals surface area contributed by atoms with Crippen molar-refractivity contribution in [1.29, 1.82) is 0 Å². The van der Waals surface area contributed by atoms with Gasteiger partial charge in [-0.3, -0.25) is 4.79 Å². The Morgan fingerprint density at radius 1 is 1.00 bits per heavy atom. The van der Waals surface area contributed by atoms with E-state index in [9.17, 15) is 13.2 Å². The summed E-state index contributed by atoms with van der Waals surface area (Å²) in [5, 5.41) is 2.85. The summed E-state index contributed by atoms with van der Waals surface area (Å²) >= 11 is 0. The monoisotopic (exact) mass is 464 g/mol. The van der Waals surface area contributed by atoms with E-state index in [0.717, 1.165) is 30.5 Å². The van der Waals surface area contributed by atoms with Gasteiger partial charge in [-0.15, -0.1) is 0 Å². The average molecular weight is 465 g/mol. The summed E-state index contributed by atoms with van der Waals surface area (Å²) in [7, 11) is -1.67. The van der Waals surface area contributed by atoms with Gasteiger partial charge in [-0.2, -0.15) is 4.31 Å². The van der Waals surface area contributed by atoms with E-state index in [0.29, 0.717) is 30.2 Å². The third-order valence-electron chi connectivity index (χ3n) is 5.91. The number of sulfonamides is 1. The van der Waals surface area contributed by atoms with Crippen molar-refractivity contribution in [2.75, 3.05) is 30.4 Å². The minimum absolute atomic E-state index is 0.197. The number of anilines is 3. The van der Waals surface area contributed by atoms with E-state index >= 15 is 0 Å². The molecule has 1 aromatic heterocycles. The van der Waals surface area contributed by atoms with E-state index in [1.807, 2.05) is 49.2 Å². The van der Waals surface area contributed by atoms with Crippen molar-refractivity contribution < 1.29 is 13.2 Å². The number of amides is 1. The van der Waals surface area contributed by atoms with Crippen molar-refractivity contribution in [1.82, 2.24) is 9.29 Å². The Bertz CT molecular complexity index is 1220. The summed E-state index contributed by atoms with van der Waals surface area (Å²) < 4.78 is 27.6. The first-order valence-electron chi connectivity index (χ1n) is 11.0. The lowest BCUT2D eigenvalue weighted by atomic mass is 10.2. The van der Waals surface area contributed by atoms with Crippen LogP contribution in [0.25, 0.3) is 0 Å². The number of para-hydroxylation sites is 1. The van der Waals surface area contributed by atoms with Gasteiger partial charge in [0.05, 0.1) is 10.5 Å². The first-order valence-corrected chi connectivity index (χ1v) is 12.5. The number of carbonyl (C=O) groups excluding carboxylic acids is 1. The molecule has 1 saturated heterocycles. The van der Waals surface area contributed by atoms with Crippen molar-refractivity contribution in [2.45, 2.75) is 31.1 Å². The van der Waals surface area contributed by atoms with Crippen molar-refractivity contribution in [3.63, 3.8) is 0 Å². The Labute approximate surface area is 195 Å². The number of aromatic nitrogens is 1. The van der Waals surface area contributed by atoms with Gasteiger partial charge < -0.3 is 10.2 Å². The van der Waals surface area contributed by atoms with Crippen LogP contribution in [0.5, 0.6) is 0 Å². The maximum absolute atomic E-state index is 13.0. The topological polar surface area (TPSA) is 82.6 Å². The lowest BCUT2D eigenvalue weighted by Gasteiger charge is -2.26. The zero-order valence-corrected chi connectivity index (χ0v) is 19.7. The van der Waals surface area contributed by atoms with Gasteiger partial charge in [0, 0.05) is 37.7 Å². The van der Waals surface area contributed by atoms with Crippen LogP contribution in [0.15, 0.2) is 71.8 Å². The van der Waals surface area contributed by atoms with Crippen LogP contribution >= 0.6 is 0 Å². The number of rotatable bonds is 6. The summed E-state index contributed by atoms with van der Waals surface area (Å²) in [4.78, 5) is 19.4. The van der Waals surface area contributed by atoms with Crippen LogP contribution in [0.1, 0.15) is 35.2 Å². The second-order valence-corrected chi connectivity index (χ2v) is 10.1. The van der Waals surface area contributed by atoms with Crippen molar-refractivity contribution in [2.24, 2.45) is 0 Å². The number of hydrogen-bond donors (Lipinski definition) is 1. The van der Waals surface area contributed by atoms with Crippen LogP contribution in [0.2, 0.25) is 0 Å². The molecule has 1 aliphatic heterocycles. The maximum Gasteiger partial charge on any atom is 0.257 e. The quantitative estimate of drug-likeness (QED) is 0.577. The molecular formula is C25H28N4O3S. The predicted octanol–water partition coefficient (Wildman–Crippen LogP) is 4.58. The Morgan fingerprint density at radius 2 is 1.73 bits per heavy atom. The second kappa shape index (κ2) is 9.72. The molecular weight excluding hydrogens is 436 g/mol. The number of hydrogen-bond acceptors (Lipinski definition) is 5. The fourth-order valence-corrected chi connectivity index (χ4v) is 5.39. The third kappa shape index (κ3) is 5.07. The molecule has 0 radical (unpaired) electrons. The highest BCUT2D eigenvalue weighted by Crippen LogP contribution is 2.26. The molecule has 3 aromatic rings. The zero-order chi connectivity index (χ0) is 23.4. The summed E-state index contributed by atoms with van der Waals surface area (Å²) in [6.07, 6.45) is 4.32. The standard InChI is InChI=1S/C25H28N4O3S/c1-19-11-13-22(33(31,32)29-15-7-4-8-16-29)17-23(19)27-25(30)20-12-14-24(26-18-20)28(2)21-9-5-3-6-10-21/h3,5-6,9-14,17-18H,4,7-8,15-16H2,1-2H3,(H,27,30). The lowest BCUT2D eigenvalue weighted by Crippen LogP contribution is -2.35. The molecule has 7 nitrogen and oxygen atoms in total. The summed E-state index contributed by atoms with van der Waals surface area (Å²) in [5.74, 6) is 0.371. The first kappa shape index (κ1) is 22.9. The SMILES string of the molecule is Cc1ccc(S(=O)(=O)N2CCCCC2)cc1NC(=O)c1ccc(N(C)c2ccccc2)nc1. The molecule has 0 spiro atoms. The van der Waals surface area contributed by atoms with Crippen LogP contribution in [0, 0.1) is 6.92 Å².